The van der Waals surface area contributed by atoms with E-state index in [1.807, 2.05) is 0 Å². The zero-order valence-electron chi connectivity index (χ0n) is 13.2. The summed E-state index contributed by atoms with van der Waals surface area (Å²) < 4.78 is 0. The molecule has 1 atom stereocenters. The third-order valence-corrected chi connectivity index (χ3v) is 5.33. The van der Waals surface area contributed by atoms with Gasteiger partial charge in [-0.1, -0.05) is 33.1 Å². The van der Waals surface area contributed by atoms with Gasteiger partial charge in [0.15, 0.2) is 0 Å². The normalized spacial score (nSPS) is 25.4. The summed E-state index contributed by atoms with van der Waals surface area (Å²) in [6.45, 7) is 8.82. The second-order valence-corrected chi connectivity index (χ2v) is 6.75. The van der Waals surface area contributed by atoms with Gasteiger partial charge in [0.1, 0.15) is 0 Å². The van der Waals surface area contributed by atoms with Crippen molar-refractivity contribution in [1.82, 2.24) is 9.80 Å². The molecule has 1 amide bonds. The lowest BCUT2D eigenvalue weighted by molar-refractivity contribution is -0.145. The van der Waals surface area contributed by atoms with Crippen molar-refractivity contribution < 1.29 is 4.79 Å². The fourth-order valence-electron chi connectivity index (χ4n) is 3.79. The molecule has 1 heterocycles. The molecular weight excluding hydrogens is 250 g/mol. The van der Waals surface area contributed by atoms with Crippen LogP contribution >= 0.6 is 0 Å². The number of amides is 1. The Balaban J connectivity index is 1.88. The van der Waals surface area contributed by atoms with Gasteiger partial charge >= 0.3 is 0 Å². The number of carbonyl (C=O) groups is 1. The van der Waals surface area contributed by atoms with Crippen molar-refractivity contribution in [2.24, 2.45) is 11.1 Å². The van der Waals surface area contributed by atoms with E-state index < -0.39 is 0 Å². The van der Waals surface area contributed by atoms with E-state index >= 15 is 0 Å². The van der Waals surface area contributed by atoms with Crippen molar-refractivity contribution in [2.45, 2.75) is 58.4 Å². The molecule has 1 aliphatic carbocycles. The average Bonchev–Trinajstić information content (AvgIpc) is 2.49. The lowest BCUT2D eigenvalue weighted by atomic mass is 9.74. The van der Waals surface area contributed by atoms with Crippen molar-refractivity contribution in [3.63, 3.8) is 0 Å². The molecule has 4 heteroatoms. The molecule has 0 aromatic rings. The Labute approximate surface area is 123 Å². The van der Waals surface area contributed by atoms with E-state index in [0.29, 0.717) is 11.9 Å². The summed E-state index contributed by atoms with van der Waals surface area (Å²) in [5, 5.41) is 0. The zero-order valence-corrected chi connectivity index (χ0v) is 13.2. The monoisotopic (exact) mass is 281 g/mol. The maximum Gasteiger partial charge on any atom is 0.228 e. The van der Waals surface area contributed by atoms with E-state index in [0.717, 1.165) is 52.0 Å². The summed E-state index contributed by atoms with van der Waals surface area (Å²) in [5.41, 5.74) is 5.74. The maximum atomic E-state index is 12.8. The lowest BCUT2D eigenvalue weighted by Crippen LogP contribution is -2.56. The second kappa shape index (κ2) is 6.90. The number of rotatable bonds is 4. The Bertz CT molecular complexity index is 314. The molecule has 0 bridgehead atoms. The molecule has 0 aromatic carbocycles. The number of nitrogens with zero attached hydrogens (tertiary/aromatic N) is 2. The number of piperazine rings is 1. The molecule has 2 aliphatic rings. The quantitative estimate of drug-likeness (QED) is 0.855. The highest BCUT2D eigenvalue weighted by molar-refractivity contribution is 5.82. The summed E-state index contributed by atoms with van der Waals surface area (Å²) in [4.78, 5) is 17.3. The average molecular weight is 281 g/mol. The predicted octanol–water partition coefficient (Wildman–Crippen LogP) is 1.84. The topological polar surface area (TPSA) is 49.6 Å². The molecule has 0 aromatic heterocycles. The minimum absolute atomic E-state index is 0.0849. The summed E-state index contributed by atoms with van der Waals surface area (Å²) in [6.07, 6.45) is 6.98. The standard InChI is InChI=1S/C16H31N3O/c1-3-14(13-17)18-9-11-19(12-10-18)15(20)16(2)7-5-4-6-8-16/h14H,3-13,17H2,1-2H3. The largest absolute Gasteiger partial charge is 0.340 e. The molecule has 2 N–H and O–H groups in total. The van der Waals surface area contributed by atoms with Crippen molar-refractivity contribution in [2.75, 3.05) is 32.7 Å². The molecule has 2 fully saturated rings. The first-order valence-corrected chi connectivity index (χ1v) is 8.34. The van der Waals surface area contributed by atoms with E-state index in [2.05, 4.69) is 23.6 Å². The SMILES string of the molecule is CCC(CN)N1CCN(C(=O)C2(C)CCCCC2)CC1. The fraction of sp³-hybridized carbons (Fsp3) is 0.938. The van der Waals surface area contributed by atoms with Crippen LogP contribution in [0.2, 0.25) is 0 Å². The van der Waals surface area contributed by atoms with E-state index in [-0.39, 0.29) is 5.41 Å². The highest BCUT2D eigenvalue weighted by Gasteiger charge is 2.38. The Kier molecular flexibility index (Phi) is 5.44. The van der Waals surface area contributed by atoms with Crippen LogP contribution < -0.4 is 5.73 Å². The van der Waals surface area contributed by atoms with Crippen LogP contribution in [0.4, 0.5) is 0 Å². The Morgan fingerprint density at radius 1 is 1.15 bits per heavy atom. The molecule has 20 heavy (non-hydrogen) atoms. The van der Waals surface area contributed by atoms with E-state index in [1.165, 1.54) is 19.3 Å². The third kappa shape index (κ3) is 3.34. The molecule has 1 saturated carbocycles. The first-order chi connectivity index (χ1) is 9.60. The Hall–Kier alpha value is -0.610. The van der Waals surface area contributed by atoms with Crippen LogP contribution in [0.25, 0.3) is 0 Å². The van der Waals surface area contributed by atoms with Gasteiger partial charge in [0.25, 0.3) is 0 Å². The summed E-state index contributed by atoms with van der Waals surface area (Å²) in [5.74, 6) is 0.401. The van der Waals surface area contributed by atoms with Crippen LogP contribution in [0.5, 0.6) is 0 Å². The molecule has 0 radical (unpaired) electrons. The number of carbonyl (C=O) groups excluding carboxylic acids is 1. The van der Waals surface area contributed by atoms with Crippen LogP contribution in [0.1, 0.15) is 52.4 Å². The summed E-state index contributed by atoms with van der Waals surface area (Å²) in [6, 6.07) is 0.484. The van der Waals surface area contributed by atoms with Crippen LogP contribution in [0.15, 0.2) is 0 Å². The van der Waals surface area contributed by atoms with Gasteiger partial charge in [-0.25, -0.2) is 0 Å². The molecular formula is C16H31N3O. The number of hydrogen-bond acceptors (Lipinski definition) is 3. The lowest BCUT2D eigenvalue weighted by Gasteiger charge is -2.43. The van der Waals surface area contributed by atoms with Crippen LogP contribution in [0, 0.1) is 5.41 Å². The van der Waals surface area contributed by atoms with Crippen LogP contribution in [-0.4, -0.2) is 54.5 Å². The Morgan fingerprint density at radius 3 is 2.25 bits per heavy atom. The molecule has 116 valence electrons. The molecule has 1 unspecified atom stereocenters. The molecule has 4 nitrogen and oxygen atoms in total. The highest BCUT2D eigenvalue weighted by atomic mass is 16.2. The van der Waals surface area contributed by atoms with Gasteiger partial charge in [0.2, 0.25) is 5.91 Å². The van der Waals surface area contributed by atoms with E-state index in [1.54, 1.807) is 0 Å². The first-order valence-electron chi connectivity index (χ1n) is 8.34. The first kappa shape index (κ1) is 15.8. The predicted molar refractivity (Wildman–Crippen MR) is 82.5 cm³/mol. The zero-order chi connectivity index (χ0) is 14.6. The smallest absolute Gasteiger partial charge is 0.228 e. The van der Waals surface area contributed by atoms with Gasteiger partial charge in [-0.2, -0.15) is 0 Å². The number of hydrogen-bond donors (Lipinski definition) is 1. The minimum Gasteiger partial charge on any atom is -0.340 e. The van der Waals surface area contributed by atoms with Gasteiger partial charge in [0.05, 0.1) is 0 Å². The summed E-state index contributed by atoms with van der Waals surface area (Å²) >= 11 is 0. The number of nitrogens with two attached hydrogens (primary N) is 1. The minimum atomic E-state index is -0.0849. The van der Waals surface area contributed by atoms with Gasteiger partial charge in [0, 0.05) is 44.2 Å². The molecule has 0 spiro atoms. The van der Waals surface area contributed by atoms with Crippen molar-refractivity contribution in [3.8, 4) is 0 Å². The second-order valence-electron chi connectivity index (χ2n) is 6.75. The van der Waals surface area contributed by atoms with E-state index in [9.17, 15) is 4.79 Å². The van der Waals surface area contributed by atoms with Crippen molar-refractivity contribution >= 4 is 5.91 Å². The summed E-state index contributed by atoms with van der Waals surface area (Å²) in [7, 11) is 0. The fourth-order valence-corrected chi connectivity index (χ4v) is 3.79. The highest BCUT2D eigenvalue weighted by Crippen LogP contribution is 2.37. The van der Waals surface area contributed by atoms with Crippen LogP contribution in [0.3, 0.4) is 0 Å². The molecule has 1 aliphatic heterocycles. The van der Waals surface area contributed by atoms with E-state index in [4.69, 9.17) is 5.73 Å². The van der Waals surface area contributed by atoms with Crippen molar-refractivity contribution in [3.05, 3.63) is 0 Å². The molecule has 2 rings (SSSR count). The third-order valence-electron chi connectivity index (χ3n) is 5.33. The van der Waals surface area contributed by atoms with Crippen molar-refractivity contribution in [1.29, 1.82) is 0 Å². The van der Waals surface area contributed by atoms with Gasteiger partial charge in [-0.05, 0) is 19.3 Å². The molecule has 1 saturated heterocycles. The van der Waals surface area contributed by atoms with Gasteiger partial charge in [-0.3, -0.25) is 9.69 Å². The maximum absolute atomic E-state index is 12.8. The van der Waals surface area contributed by atoms with Gasteiger partial charge < -0.3 is 10.6 Å². The van der Waals surface area contributed by atoms with Crippen LogP contribution in [-0.2, 0) is 4.79 Å². The van der Waals surface area contributed by atoms with Gasteiger partial charge in [-0.15, -0.1) is 0 Å². The Morgan fingerprint density at radius 2 is 1.75 bits per heavy atom.